The van der Waals surface area contributed by atoms with Gasteiger partial charge in [-0.25, -0.2) is 13.8 Å². The van der Waals surface area contributed by atoms with Crippen molar-refractivity contribution >= 4 is 21.5 Å². The first kappa shape index (κ1) is 10.8. The van der Waals surface area contributed by atoms with Crippen molar-refractivity contribution < 1.29 is 8.78 Å². The van der Waals surface area contributed by atoms with Crippen molar-refractivity contribution in [2.45, 2.75) is 6.54 Å². The Hall–Kier alpha value is -1.69. The van der Waals surface area contributed by atoms with Crippen LogP contribution in [0.1, 0.15) is 5.56 Å². The van der Waals surface area contributed by atoms with Crippen LogP contribution in [0.5, 0.6) is 0 Å². The molecule has 0 amide bonds. The molecule has 0 atom stereocenters. The average Bonchev–Trinajstić information content (AvgIpc) is 2.63. The monoisotopic (exact) mass is 241 g/mol. The summed E-state index contributed by atoms with van der Waals surface area (Å²) >= 11 is 1.28. The van der Waals surface area contributed by atoms with Crippen LogP contribution in [0.25, 0.3) is 0 Å². The van der Waals surface area contributed by atoms with Gasteiger partial charge in [-0.3, -0.25) is 0 Å². The van der Waals surface area contributed by atoms with E-state index in [1.54, 1.807) is 0 Å². The van der Waals surface area contributed by atoms with E-state index in [4.69, 9.17) is 5.73 Å². The molecule has 0 fully saturated rings. The zero-order valence-electron chi connectivity index (χ0n) is 8.21. The molecule has 0 saturated heterocycles. The zero-order valence-corrected chi connectivity index (χ0v) is 9.02. The number of aromatic nitrogens is 1. The van der Waals surface area contributed by atoms with E-state index in [1.165, 1.54) is 29.7 Å². The second-order valence-electron chi connectivity index (χ2n) is 3.16. The van der Waals surface area contributed by atoms with Crippen molar-refractivity contribution in [2.75, 3.05) is 11.1 Å². The van der Waals surface area contributed by atoms with Crippen LogP contribution in [-0.4, -0.2) is 4.98 Å². The van der Waals surface area contributed by atoms with Crippen LogP contribution in [0, 0.1) is 11.6 Å². The first-order chi connectivity index (χ1) is 7.65. The lowest BCUT2D eigenvalue weighted by Crippen LogP contribution is -2.01. The summed E-state index contributed by atoms with van der Waals surface area (Å²) in [6.45, 7) is 0.249. The maximum absolute atomic E-state index is 13.2. The lowest BCUT2D eigenvalue weighted by molar-refractivity contribution is 0.574. The number of thiazole rings is 1. The minimum Gasteiger partial charge on any atom is -0.389 e. The second-order valence-corrected chi connectivity index (χ2v) is 4.22. The fourth-order valence-corrected chi connectivity index (χ4v) is 1.78. The first-order valence-corrected chi connectivity index (χ1v) is 5.36. The Labute approximate surface area is 94.9 Å². The molecule has 0 saturated carbocycles. The van der Waals surface area contributed by atoms with Gasteiger partial charge in [-0.2, -0.15) is 0 Å². The van der Waals surface area contributed by atoms with Gasteiger partial charge in [0.15, 0.2) is 5.13 Å². The number of anilines is 2. The molecule has 0 unspecified atom stereocenters. The van der Waals surface area contributed by atoms with Gasteiger partial charge in [-0.1, -0.05) is 17.4 Å². The Bertz CT molecular complexity index is 499. The molecule has 16 heavy (non-hydrogen) atoms. The largest absolute Gasteiger partial charge is 0.389 e. The Balaban J connectivity index is 2.04. The molecule has 2 rings (SSSR count). The van der Waals surface area contributed by atoms with Gasteiger partial charge in [0.2, 0.25) is 0 Å². The maximum atomic E-state index is 13.2. The number of rotatable bonds is 3. The van der Waals surface area contributed by atoms with Crippen LogP contribution in [0.4, 0.5) is 18.9 Å². The minimum atomic E-state index is -0.584. The predicted molar refractivity (Wildman–Crippen MR) is 60.2 cm³/mol. The van der Waals surface area contributed by atoms with Gasteiger partial charge < -0.3 is 11.1 Å². The van der Waals surface area contributed by atoms with Crippen molar-refractivity contribution in [3.05, 3.63) is 41.6 Å². The van der Waals surface area contributed by atoms with E-state index in [0.29, 0.717) is 15.7 Å². The van der Waals surface area contributed by atoms with Crippen molar-refractivity contribution in [3.63, 3.8) is 0 Å². The van der Waals surface area contributed by atoms with Gasteiger partial charge in [0.1, 0.15) is 16.6 Å². The summed E-state index contributed by atoms with van der Waals surface area (Å²) in [6.07, 6.45) is 1.52. The molecule has 0 aliphatic rings. The summed E-state index contributed by atoms with van der Waals surface area (Å²) in [4.78, 5) is 3.96. The van der Waals surface area contributed by atoms with Crippen LogP contribution in [0.3, 0.4) is 0 Å². The number of nitrogens with one attached hydrogen (secondary N) is 1. The Morgan fingerprint density at radius 2 is 2.19 bits per heavy atom. The third kappa shape index (κ3) is 2.46. The molecule has 6 heteroatoms. The lowest BCUT2D eigenvalue weighted by Gasteiger charge is -2.04. The molecule has 0 bridgehead atoms. The molecule has 3 N–H and O–H groups in total. The van der Waals surface area contributed by atoms with Gasteiger partial charge in [0.05, 0.1) is 6.20 Å². The van der Waals surface area contributed by atoms with Crippen LogP contribution in [-0.2, 0) is 6.54 Å². The molecule has 0 aliphatic carbocycles. The van der Waals surface area contributed by atoms with E-state index in [0.717, 1.165) is 6.07 Å². The van der Waals surface area contributed by atoms with E-state index >= 15 is 0 Å². The molecule has 1 heterocycles. The van der Waals surface area contributed by atoms with E-state index in [-0.39, 0.29) is 6.54 Å². The van der Waals surface area contributed by atoms with E-state index in [1.807, 2.05) is 0 Å². The number of benzene rings is 1. The number of nitrogens with zero attached hydrogens (tertiary/aromatic N) is 1. The SMILES string of the molecule is Nc1cnc(NCc2ccc(F)cc2F)s1. The summed E-state index contributed by atoms with van der Waals surface area (Å²) in [5, 5.41) is 4.10. The molecule has 0 spiro atoms. The molecule has 3 nitrogen and oxygen atoms in total. The minimum absolute atomic E-state index is 0.249. The molecule has 1 aromatic heterocycles. The van der Waals surface area contributed by atoms with E-state index < -0.39 is 11.6 Å². The number of nitrogen functional groups attached to an aromatic ring is 1. The third-order valence-corrected chi connectivity index (χ3v) is 2.75. The molecule has 1 aromatic carbocycles. The Morgan fingerprint density at radius 3 is 2.81 bits per heavy atom. The predicted octanol–water partition coefficient (Wildman–Crippen LogP) is 2.62. The highest BCUT2D eigenvalue weighted by molar-refractivity contribution is 7.19. The van der Waals surface area contributed by atoms with Crippen molar-refractivity contribution in [1.29, 1.82) is 0 Å². The molecule has 0 aliphatic heterocycles. The summed E-state index contributed by atoms with van der Waals surface area (Å²) in [5.41, 5.74) is 5.87. The molecule has 2 aromatic rings. The fourth-order valence-electron chi connectivity index (χ4n) is 1.20. The standard InChI is InChI=1S/C10H9F2N3S/c11-7-2-1-6(8(12)3-7)4-14-10-15-5-9(13)16-10/h1-3,5H,4,13H2,(H,14,15). The summed E-state index contributed by atoms with van der Waals surface area (Å²) in [5.74, 6) is -1.16. The van der Waals surface area contributed by atoms with Gasteiger partial charge in [-0.05, 0) is 6.07 Å². The number of halogens is 2. The summed E-state index contributed by atoms with van der Waals surface area (Å²) < 4.78 is 25.9. The highest BCUT2D eigenvalue weighted by Crippen LogP contribution is 2.20. The van der Waals surface area contributed by atoms with Crippen molar-refractivity contribution in [2.24, 2.45) is 0 Å². The van der Waals surface area contributed by atoms with Gasteiger partial charge in [0, 0.05) is 18.2 Å². The van der Waals surface area contributed by atoms with E-state index in [2.05, 4.69) is 10.3 Å². The smallest absolute Gasteiger partial charge is 0.184 e. The Morgan fingerprint density at radius 1 is 1.38 bits per heavy atom. The normalized spacial score (nSPS) is 10.4. The van der Waals surface area contributed by atoms with Crippen molar-refractivity contribution in [3.8, 4) is 0 Å². The van der Waals surface area contributed by atoms with Gasteiger partial charge >= 0.3 is 0 Å². The molecular formula is C10H9F2N3S. The van der Waals surface area contributed by atoms with Crippen LogP contribution < -0.4 is 11.1 Å². The second kappa shape index (κ2) is 4.44. The van der Waals surface area contributed by atoms with Crippen LogP contribution in [0.15, 0.2) is 24.4 Å². The Kier molecular flexibility index (Phi) is 3.00. The third-order valence-electron chi connectivity index (χ3n) is 1.97. The maximum Gasteiger partial charge on any atom is 0.184 e. The fraction of sp³-hybridized carbons (Fsp3) is 0.100. The van der Waals surface area contributed by atoms with Crippen molar-refractivity contribution in [1.82, 2.24) is 4.98 Å². The van der Waals surface area contributed by atoms with Crippen LogP contribution >= 0.6 is 11.3 Å². The number of nitrogens with two attached hydrogens (primary N) is 1. The van der Waals surface area contributed by atoms with Gasteiger partial charge in [-0.15, -0.1) is 0 Å². The number of hydrogen-bond donors (Lipinski definition) is 2. The highest BCUT2D eigenvalue weighted by Gasteiger charge is 2.04. The first-order valence-electron chi connectivity index (χ1n) is 4.54. The lowest BCUT2D eigenvalue weighted by atomic mass is 10.2. The molecule has 0 radical (unpaired) electrons. The molecular weight excluding hydrogens is 232 g/mol. The molecule has 84 valence electrons. The van der Waals surface area contributed by atoms with E-state index in [9.17, 15) is 8.78 Å². The van der Waals surface area contributed by atoms with Crippen LogP contribution in [0.2, 0.25) is 0 Å². The highest BCUT2D eigenvalue weighted by atomic mass is 32.1. The average molecular weight is 241 g/mol. The summed E-state index contributed by atoms with van der Waals surface area (Å²) in [7, 11) is 0. The quantitative estimate of drug-likeness (QED) is 0.868. The topological polar surface area (TPSA) is 50.9 Å². The van der Waals surface area contributed by atoms with Gasteiger partial charge in [0.25, 0.3) is 0 Å². The number of hydrogen-bond acceptors (Lipinski definition) is 4. The zero-order chi connectivity index (χ0) is 11.5. The summed E-state index contributed by atoms with van der Waals surface area (Å²) in [6, 6.07) is 3.47.